The predicted molar refractivity (Wildman–Crippen MR) is 132 cm³/mol. The molecular weight excluding hydrogens is 464 g/mol. The number of fused-ring (bicyclic) bond motifs is 3. The van der Waals surface area contributed by atoms with E-state index in [9.17, 15) is 18.8 Å². The summed E-state index contributed by atoms with van der Waals surface area (Å²) in [5, 5.41) is 10.1. The second kappa shape index (κ2) is 8.57. The summed E-state index contributed by atoms with van der Waals surface area (Å²) in [4.78, 5) is 24.5. The van der Waals surface area contributed by atoms with Crippen LogP contribution < -0.4 is 10.4 Å². The number of nitrogens with zero attached hydrogens (tertiary/aromatic N) is 4. The van der Waals surface area contributed by atoms with Crippen molar-refractivity contribution in [3.05, 3.63) is 82.7 Å². The van der Waals surface area contributed by atoms with E-state index < -0.39 is 12.0 Å². The van der Waals surface area contributed by atoms with Crippen molar-refractivity contribution >= 4 is 21.9 Å². The van der Waals surface area contributed by atoms with Gasteiger partial charge in [0.25, 0.3) is 0 Å². The molecule has 1 N–H and O–H groups in total. The monoisotopic (exact) mass is 485 g/mol. The average Bonchev–Trinajstić information content (AvgIpc) is 3.21. The third kappa shape index (κ3) is 3.96. The number of ether oxygens (including phenoxy) is 1. The minimum Gasteiger partial charge on any atom is -0.433 e. The van der Waals surface area contributed by atoms with Crippen molar-refractivity contribution < 1.29 is 13.5 Å². The molecule has 0 aliphatic carbocycles. The van der Waals surface area contributed by atoms with Crippen LogP contribution in [0.3, 0.4) is 0 Å². The summed E-state index contributed by atoms with van der Waals surface area (Å²) in [7, 11) is 0. The lowest BCUT2D eigenvalue weighted by molar-refractivity contribution is -0.0505. The smallest absolute Gasteiger partial charge is 0.387 e. The number of aromatic nitrogens is 4. The number of imidazole rings is 1. The summed E-state index contributed by atoms with van der Waals surface area (Å²) < 4.78 is 31.8. The van der Waals surface area contributed by atoms with Crippen LogP contribution in [0.15, 0.2) is 65.7 Å². The number of pyridine rings is 2. The summed E-state index contributed by atoms with van der Waals surface area (Å²) in [6.45, 7) is 2.30. The van der Waals surface area contributed by atoms with Gasteiger partial charge < -0.3 is 9.72 Å². The number of halogens is 2. The van der Waals surface area contributed by atoms with Crippen molar-refractivity contribution in [2.75, 3.05) is 0 Å². The summed E-state index contributed by atoms with van der Waals surface area (Å²) >= 11 is 0. The first-order chi connectivity index (χ1) is 17.2. The molecule has 0 spiro atoms. The van der Waals surface area contributed by atoms with Crippen LogP contribution in [0.1, 0.15) is 25.1 Å². The van der Waals surface area contributed by atoms with Crippen LogP contribution in [-0.2, 0) is 5.41 Å². The largest absolute Gasteiger partial charge is 0.433 e. The van der Waals surface area contributed by atoms with Gasteiger partial charge in [-0.15, -0.1) is 0 Å². The Labute approximate surface area is 204 Å². The van der Waals surface area contributed by atoms with E-state index in [2.05, 4.69) is 25.8 Å². The molecule has 5 aromatic rings. The minimum absolute atomic E-state index is 0.00198. The number of aryl methyl sites for hydroxylation is 1. The number of H-pyrrole nitrogens is 1. The normalized spacial score (nSPS) is 11.8. The van der Waals surface area contributed by atoms with Crippen LogP contribution in [0, 0.1) is 18.3 Å². The van der Waals surface area contributed by atoms with Crippen LogP contribution in [0.2, 0.25) is 0 Å². The Morgan fingerprint density at radius 2 is 1.81 bits per heavy atom. The average molecular weight is 485 g/mol. The van der Waals surface area contributed by atoms with Crippen molar-refractivity contribution in [1.29, 1.82) is 5.26 Å². The third-order valence-corrected chi connectivity index (χ3v) is 6.22. The Morgan fingerprint density at radius 3 is 2.50 bits per heavy atom. The minimum atomic E-state index is -2.96. The highest BCUT2D eigenvalue weighted by Gasteiger charge is 2.20. The molecule has 0 aliphatic rings. The van der Waals surface area contributed by atoms with Crippen molar-refractivity contribution in [3.8, 4) is 28.6 Å². The van der Waals surface area contributed by atoms with E-state index in [1.807, 2.05) is 38.1 Å². The highest BCUT2D eigenvalue weighted by atomic mass is 19.3. The van der Waals surface area contributed by atoms with Crippen molar-refractivity contribution in [1.82, 2.24) is 19.5 Å². The van der Waals surface area contributed by atoms with Crippen molar-refractivity contribution in [2.45, 2.75) is 32.8 Å². The van der Waals surface area contributed by atoms with Crippen LogP contribution in [0.25, 0.3) is 38.8 Å². The Kier molecular flexibility index (Phi) is 5.52. The maximum Gasteiger partial charge on any atom is 0.387 e. The first-order valence-corrected chi connectivity index (χ1v) is 11.2. The molecule has 0 unspecified atom stereocenters. The Morgan fingerprint density at radius 1 is 1.06 bits per heavy atom. The first kappa shape index (κ1) is 23.2. The molecule has 3 aromatic heterocycles. The topological polar surface area (TPSA) is 96.6 Å². The quantitative estimate of drug-likeness (QED) is 0.348. The van der Waals surface area contributed by atoms with Gasteiger partial charge in [0, 0.05) is 17.1 Å². The van der Waals surface area contributed by atoms with Gasteiger partial charge in [-0.25, -0.2) is 4.79 Å². The third-order valence-electron chi connectivity index (χ3n) is 6.22. The lowest BCUT2D eigenvalue weighted by Gasteiger charge is -2.16. The van der Waals surface area contributed by atoms with Gasteiger partial charge in [0.2, 0.25) is 0 Å². The number of hydrogen-bond donors (Lipinski definition) is 1. The SMILES string of the molecule is Cc1ncc(-c2ccc3ncc4[nH]c(=O)n(-c5ccc(C(C)(C)C#N)cc5)c4c3c2)cc1OC(F)F. The molecule has 0 atom stereocenters. The molecule has 0 radical (unpaired) electrons. The molecule has 7 nitrogen and oxygen atoms in total. The molecule has 2 aromatic carbocycles. The summed E-state index contributed by atoms with van der Waals surface area (Å²) in [6.07, 6.45) is 3.19. The highest BCUT2D eigenvalue weighted by molar-refractivity contribution is 6.04. The molecular formula is C27H21F2N5O2. The van der Waals surface area contributed by atoms with Gasteiger partial charge in [0.1, 0.15) is 5.75 Å². The standard InChI is InChI=1S/C27H21F2N5O2/c1-15-23(36-25(28)29)11-17(12-31-15)16-4-9-21-20(10-16)24-22(13-32-21)33-26(35)34(24)19-7-5-18(6-8-19)27(2,3)14-30/h4-13,25H,1-3H3,(H,33,35). The molecule has 0 fully saturated rings. The number of nitriles is 1. The number of rotatable bonds is 5. The van der Waals surface area contributed by atoms with E-state index in [4.69, 9.17) is 0 Å². The fraction of sp³-hybridized carbons (Fsp3) is 0.185. The molecule has 9 heteroatoms. The number of nitrogens with one attached hydrogen (secondary N) is 1. The maximum atomic E-state index is 13.0. The van der Waals surface area contributed by atoms with Gasteiger partial charge >= 0.3 is 12.3 Å². The molecule has 0 saturated heterocycles. The zero-order chi connectivity index (χ0) is 25.6. The van der Waals surface area contributed by atoms with E-state index in [0.717, 1.165) is 5.56 Å². The van der Waals surface area contributed by atoms with Gasteiger partial charge in [-0.1, -0.05) is 18.2 Å². The van der Waals surface area contributed by atoms with E-state index in [1.54, 1.807) is 42.1 Å². The van der Waals surface area contributed by atoms with Gasteiger partial charge in [-0.05, 0) is 62.2 Å². The Bertz CT molecular complexity index is 1710. The van der Waals surface area contributed by atoms with Crippen LogP contribution in [0.4, 0.5) is 8.78 Å². The van der Waals surface area contributed by atoms with E-state index in [-0.39, 0.29) is 11.4 Å². The van der Waals surface area contributed by atoms with Crippen LogP contribution in [-0.4, -0.2) is 26.1 Å². The molecule has 0 aliphatic heterocycles. The van der Waals surface area contributed by atoms with Gasteiger partial charge in [-0.3, -0.25) is 14.5 Å². The zero-order valence-electron chi connectivity index (χ0n) is 19.7. The summed E-state index contributed by atoms with van der Waals surface area (Å²) in [5.41, 5.74) is 3.95. The van der Waals surface area contributed by atoms with Crippen LogP contribution in [0.5, 0.6) is 5.75 Å². The zero-order valence-corrected chi connectivity index (χ0v) is 19.7. The molecule has 0 saturated carbocycles. The fourth-order valence-corrected chi connectivity index (χ4v) is 4.19. The number of alkyl halides is 2. The second-order valence-electron chi connectivity index (χ2n) is 8.99. The summed E-state index contributed by atoms with van der Waals surface area (Å²) in [5.74, 6) is -0.00198. The Balaban J connectivity index is 1.69. The fourth-order valence-electron chi connectivity index (χ4n) is 4.19. The van der Waals surface area contributed by atoms with Gasteiger partial charge in [0.05, 0.1) is 45.6 Å². The van der Waals surface area contributed by atoms with Crippen LogP contribution >= 0.6 is 0 Å². The second-order valence-corrected chi connectivity index (χ2v) is 8.99. The number of benzene rings is 2. The Hall–Kier alpha value is -4.58. The van der Waals surface area contributed by atoms with Gasteiger partial charge in [0.15, 0.2) is 0 Å². The molecule has 3 heterocycles. The maximum absolute atomic E-state index is 13.0. The van der Waals surface area contributed by atoms with Crippen molar-refractivity contribution in [2.24, 2.45) is 0 Å². The molecule has 36 heavy (non-hydrogen) atoms. The summed E-state index contributed by atoms with van der Waals surface area (Å²) in [6, 6.07) is 16.5. The van der Waals surface area contributed by atoms with E-state index in [0.29, 0.717) is 44.4 Å². The molecule has 5 rings (SSSR count). The molecule has 180 valence electrons. The molecule has 0 bridgehead atoms. The predicted octanol–water partition coefficient (Wildman–Crippen LogP) is 5.64. The van der Waals surface area contributed by atoms with E-state index in [1.165, 1.54) is 6.07 Å². The lowest BCUT2D eigenvalue weighted by atomic mass is 9.86. The van der Waals surface area contributed by atoms with Crippen molar-refractivity contribution in [3.63, 3.8) is 0 Å². The lowest BCUT2D eigenvalue weighted by Crippen LogP contribution is -2.16. The highest BCUT2D eigenvalue weighted by Crippen LogP contribution is 2.32. The van der Waals surface area contributed by atoms with Gasteiger partial charge in [-0.2, -0.15) is 14.0 Å². The van der Waals surface area contributed by atoms with E-state index >= 15 is 0 Å². The molecule has 0 amide bonds. The number of aromatic amines is 1. The first-order valence-electron chi connectivity index (χ1n) is 11.2. The number of hydrogen-bond acceptors (Lipinski definition) is 5.